The highest BCUT2D eigenvalue weighted by Gasteiger charge is 2.27. The zero-order valence-corrected chi connectivity index (χ0v) is 15.0. The second-order valence-electron chi connectivity index (χ2n) is 6.48. The molecule has 0 bridgehead atoms. The van der Waals surface area contributed by atoms with Crippen molar-refractivity contribution in [3.8, 4) is 0 Å². The third-order valence-corrected chi connectivity index (χ3v) is 5.94. The van der Waals surface area contributed by atoms with Gasteiger partial charge in [0.1, 0.15) is 0 Å². The van der Waals surface area contributed by atoms with Crippen molar-refractivity contribution in [2.75, 3.05) is 26.2 Å². The van der Waals surface area contributed by atoms with Crippen LogP contribution in [-0.2, 0) is 20.6 Å². The SMILES string of the molecule is Cc1cccc(CS(=O)(=O)N2CCCN(C(=O)C(C)C)CC2)c1. The molecule has 128 valence electrons. The Kier molecular flexibility index (Phi) is 5.81. The molecule has 6 heteroatoms. The van der Waals surface area contributed by atoms with Crippen molar-refractivity contribution in [3.05, 3.63) is 35.4 Å². The number of carbonyl (C=O) groups is 1. The maximum absolute atomic E-state index is 12.7. The Labute approximate surface area is 139 Å². The molecule has 2 rings (SSSR count). The molecular weight excluding hydrogens is 312 g/mol. The number of rotatable bonds is 4. The van der Waals surface area contributed by atoms with Gasteiger partial charge in [-0.3, -0.25) is 4.79 Å². The van der Waals surface area contributed by atoms with Crippen molar-refractivity contribution in [2.24, 2.45) is 5.92 Å². The number of sulfonamides is 1. The van der Waals surface area contributed by atoms with E-state index in [-0.39, 0.29) is 17.6 Å². The quantitative estimate of drug-likeness (QED) is 0.844. The summed E-state index contributed by atoms with van der Waals surface area (Å²) < 4.78 is 26.8. The first kappa shape index (κ1) is 17.9. The predicted molar refractivity (Wildman–Crippen MR) is 91.4 cm³/mol. The highest BCUT2D eigenvalue weighted by molar-refractivity contribution is 7.88. The monoisotopic (exact) mass is 338 g/mol. The van der Waals surface area contributed by atoms with E-state index in [0.717, 1.165) is 11.1 Å². The van der Waals surface area contributed by atoms with E-state index in [1.54, 1.807) is 4.90 Å². The molecular formula is C17H26N2O3S. The smallest absolute Gasteiger partial charge is 0.225 e. The van der Waals surface area contributed by atoms with E-state index in [0.29, 0.717) is 32.6 Å². The van der Waals surface area contributed by atoms with Gasteiger partial charge in [0.15, 0.2) is 0 Å². The largest absolute Gasteiger partial charge is 0.341 e. The molecule has 1 saturated heterocycles. The molecule has 1 fully saturated rings. The van der Waals surface area contributed by atoms with Crippen LogP contribution in [0.5, 0.6) is 0 Å². The maximum atomic E-state index is 12.7. The van der Waals surface area contributed by atoms with Gasteiger partial charge in [-0.2, -0.15) is 4.31 Å². The van der Waals surface area contributed by atoms with Crippen LogP contribution in [0, 0.1) is 12.8 Å². The molecule has 1 amide bonds. The molecule has 23 heavy (non-hydrogen) atoms. The highest BCUT2D eigenvalue weighted by Crippen LogP contribution is 2.16. The minimum atomic E-state index is -3.35. The lowest BCUT2D eigenvalue weighted by Gasteiger charge is -2.23. The van der Waals surface area contributed by atoms with Crippen LogP contribution in [0.1, 0.15) is 31.4 Å². The molecule has 0 unspecified atom stereocenters. The molecule has 0 N–H and O–H groups in total. The summed E-state index contributed by atoms with van der Waals surface area (Å²) in [5, 5.41) is 0. The summed E-state index contributed by atoms with van der Waals surface area (Å²) in [6, 6.07) is 7.59. The molecule has 1 aromatic rings. The third-order valence-electron chi connectivity index (χ3n) is 4.09. The number of nitrogens with zero attached hydrogens (tertiary/aromatic N) is 2. The summed E-state index contributed by atoms with van der Waals surface area (Å²) in [4.78, 5) is 13.9. The number of carbonyl (C=O) groups excluding carboxylic acids is 1. The predicted octanol–water partition coefficient (Wildman–Crippen LogP) is 2.02. The minimum absolute atomic E-state index is 0.0206. The Morgan fingerprint density at radius 2 is 1.91 bits per heavy atom. The van der Waals surface area contributed by atoms with Gasteiger partial charge in [-0.25, -0.2) is 8.42 Å². The topological polar surface area (TPSA) is 57.7 Å². The molecule has 0 spiro atoms. The Bertz CT molecular complexity index is 656. The Morgan fingerprint density at radius 3 is 2.57 bits per heavy atom. The molecule has 0 saturated carbocycles. The van der Waals surface area contributed by atoms with Crippen LogP contribution >= 0.6 is 0 Å². The standard InChI is InChI=1S/C17H26N2O3S/c1-14(2)17(20)18-8-5-9-19(11-10-18)23(21,22)13-16-7-4-6-15(3)12-16/h4,6-7,12,14H,5,8-11,13H2,1-3H3. The second-order valence-corrected chi connectivity index (χ2v) is 8.45. The first-order valence-corrected chi connectivity index (χ1v) is 9.72. The van der Waals surface area contributed by atoms with Crippen LogP contribution in [0.3, 0.4) is 0 Å². The summed E-state index contributed by atoms with van der Waals surface area (Å²) in [6.07, 6.45) is 0.686. The summed E-state index contributed by atoms with van der Waals surface area (Å²) in [6.45, 7) is 7.68. The van der Waals surface area contributed by atoms with Crippen LogP contribution in [0.4, 0.5) is 0 Å². The maximum Gasteiger partial charge on any atom is 0.225 e. The van der Waals surface area contributed by atoms with Gasteiger partial charge >= 0.3 is 0 Å². The minimum Gasteiger partial charge on any atom is -0.341 e. The van der Waals surface area contributed by atoms with Crippen molar-refractivity contribution in [2.45, 2.75) is 32.9 Å². The lowest BCUT2D eigenvalue weighted by Crippen LogP contribution is -2.39. The normalized spacial score (nSPS) is 17.3. The van der Waals surface area contributed by atoms with Gasteiger partial charge in [-0.05, 0) is 18.9 Å². The van der Waals surface area contributed by atoms with Crippen LogP contribution in [-0.4, -0.2) is 49.7 Å². The van der Waals surface area contributed by atoms with Gasteiger partial charge < -0.3 is 4.90 Å². The van der Waals surface area contributed by atoms with Gasteiger partial charge in [0, 0.05) is 32.1 Å². The number of benzene rings is 1. The summed E-state index contributed by atoms with van der Waals surface area (Å²) in [5.74, 6) is 0.0701. The van der Waals surface area contributed by atoms with Crippen molar-refractivity contribution in [1.29, 1.82) is 0 Å². The molecule has 0 aromatic heterocycles. The summed E-state index contributed by atoms with van der Waals surface area (Å²) in [5.41, 5.74) is 1.87. The fourth-order valence-corrected chi connectivity index (χ4v) is 4.41. The van der Waals surface area contributed by atoms with Crippen molar-refractivity contribution >= 4 is 15.9 Å². The average molecular weight is 338 g/mol. The molecule has 0 radical (unpaired) electrons. The van der Waals surface area contributed by atoms with E-state index < -0.39 is 10.0 Å². The van der Waals surface area contributed by atoms with Gasteiger partial charge in [0.05, 0.1) is 5.75 Å². The highest BCUT2D eigenvalue weighted by atomic mass is 32.2. The summed E-state index contributed by atoms with van der Waals surface area (Å²) >= 11 is 0. The van der Waals surface area contributed by atoms with E-state index in [2.05, 4.69) is 0 Å². The average Bonchev–Trinajstić information content (AvgIpc) is 2.72. The number of aryl methyl sites for hydroxylation is 1. The van der Waals surface area contributed by atoms with E-state index >= 15 is 0 Å². The Morgan fingerprint density at radius 1 is 1.17 bits per heavy atom. The lowest BCUT2D eigenvalue weighted by molar-refractivity contribution is -0.134. The van der Waals surface area contributed by atoms with Gasteiger partial charge in [0.25, 0.3) is 0 Å². The van der Waals surface area contributed by atoms with Gasteiger partial charge in [-0.1, -0.05) is 43.7 Å². The molecule has 0 atom stereocenters. The third kappa shape index (κ3) is 4.78. The zero-order valence-electron chi connectivity index (χ0n) is 14.2. The molecule has 1 aliphatic heterocycles. The van der Waals surface area contributed by atoms with E-state index in [1.807, 2.05) is 45.0 Å². The van der Waals surface area contributed by atoms with E-state index in [1.165, 1.54) is 4.31 Å². The fraction of sp³-hybridized carbons (Fsp3) is 0.588. The number of hydrogen-bond donors (Lipinski definition) is 0. The van der Waals surface area contributed by atoms with E-state index in [9.17, 15) is 13.2 Å². The molecule has 1 aliphatic rings. The van der Waals surface area contributed by atoms with Crippen LogP contribution in [0.25, 0.3) is 0 Å². The van der Waals surface area contributed by atoms with E-state index in [4.69, 9.17) is 0 Å². The van der Waals surface area contributed by atoms with Crippen LogP contribution in [0.2, 0.25) is 0 Å². The first-order chi connectivity index (χ1) is 10.8. The number of amides is 1. The molecule has 1 aromatic carbocycles. The Hall–Kier alpha value is -1.40. The van der Waals surface area contributed by atoms with Gasteiger partial charge in [0.2, 0.25) is 15.9 Å². The van der Waals surface area contributed by atoms with Crippen molar-refractivity contribution < 1.29 is 13.2 Å². The van der Waals surface area contributed by atoms with Gasteiger partial charge in [-0.15, -0.1) is 0 Å². The van der Waals surface area contributed by atoms with Crippen LogP contribution in [0.15, 0.2) is 24.3 Å². The van der Waals surface area contributed by atoms with Crippen molar-refractivity contribution in [3.63, 3.8) is 0 Å². The number of hydrogen-bond acceptors (Lipinski definition) is 3. The van der Waals surface area contributed by atoms with Crippen LogP contribution < -0.4 is 0 Å². The molecule has 0 aliphatic carbocycles. The summed E-state index contributed by atoms with van der Waals surface area (Å²) in [7, 11) is -3.35. The zero-order chi connectivity index (χ0) is 17.0. The molecule has 1 heterocycles. The lowest BCUT2D eigenvalue weighted by atomic mass is 10.2. The first-order valence-electron chi connectivity index (χ1n) is 8.12. The fourth-order valence-electron chi connectivity index (χ4n) is 2.86. The van der Waals surface area contributed by atoms with Crippen molar-refractivity contribution in [1.82, 2.24) is 9.21 Å². The Balaban J connectivity index is 2.05. The second kappa shape index (κ2) is 7.45. The molecule has 5 nitrogen and oxygen atoms in total.